The van der Waals surface area contributed by atoms with Crippen LogP contribution in [-0.2, 0) is 4.79 Å². The van der Waals surface area contributed by atoms with E-state index < -0.39 is 0 Å². The van der Waals surface area contributed by atoms with E-state index in [1.807, 2.05) is 43.9 Å². The summed E-state index contributed by atoms with van der Waals surface area (Å²) in [5.41, 5.74) is 0.556. The van der Waals surface area contributed by atoms with Gasteiger partial charge in [-0.15, -0.1) is 0 Å². The molecule has 172 valence electrons. The van der Waals surface area contributed by atoms with Crippen LogP contribution in [0.4, 0.5) is 4.79 Å². The van der Waals surface area contributed by atoms with Crippen molar-refractivity contribution in [2.45, 2.75) is 32.2 Å². The molecule has 0 radical (unpaired) electrons. The molecule has 0 spiro atoms. The first-order valence-corrected chi connectivity index (χ1v) is 10.9. The van der Waals surface area contributed by atoms with Crippen LogP contribution in [0.25, 0.3) is 0 Å². The predicted molar refractivity (Wildman–Crippen MR) is 120 cm³/mol. The summed E-state index contributed by atoms with van der Waals surface area (Å²) in [4.78, 5) is 32.4. The van der Waals surface area contributed by atoms with Crippen LogP contribution in [0.1, 0.15) is 32.3 Å². The van der Waals surface area contributed by atoms with E-state index in [0.717, 1.165) is 18.7 Å². The van der Waals surface area contributed by atoms with Crippen molar-refractivity contribution in [2.75, 3.05) is 60.5 Å². The molecule has 2 fully saturated rings. The molecule has 2 aliphatic rings. The van der Waals surface area contributed by atoms with Gasteiger partial charge in [-0.05, 0) is 46.0 Å². The van der Waals surface area contributed by atoms with Gasteiger partial charge in [0.15, 0.2) is 0 Å². The number of carbonyl (C=O) groups is 2. The summed E-state index contributed by atoms with van der Waals surface area (Å²) >= 11 is 0. The summed E-state index contributed by atoms with van der Waals surface area (Å²) in [6.07, 6.45) is 0. The van der Waals surface area contributed by atoms with Crippen molar-refractivity contribution < 1.29 is 19.1 Å². The van der Waals surface area contributed by atoms with Gasteiger partial charge in [0.25, 0.3) is 0 Å². The largest absolute Gasteiger partial charge is 0.497 e. The molecule has 2 aliphatic heterocycles. The van der Waals surface area contributed by atoms with Crippen molar-refractivity contribution >= 4 is 11.9 Å². The van der Waals surface area contributed by atoms with Crippen LogP contribution in [0.5, 0.6) is 11.5 Å². The van der Waals surface area contributed by atoms with Crippen molar-refractivity contribution in [3.8, 4) is 11.5 Å². The number of amides is 3. The highest BCUT2D eigenvalue weighted by Crippen LogP contribution is 2.40. The van der Waals surface area contributed by atoms with Gasteiger partial charge in [-0.3, -0.25) is 4.79 Å². The zero-order valence-corrected chi connectivity index (χ0v) is 19.6. The van der Waals surface area contributed by atoms with Crippen LogP contribution in [0.15, 0.2) is 18.2 Å². The van der Waals surface area contributed by atoms with E-state index in [1.54, 1.807) is 19.1 Å². The molecule has 8 heteroatoms. The Hall–Kier alpha value is -2.48. The second-order valence-corrected chi connectivity index (χ2v) is 9.53. The SMILES string of the molecule is COc1ccc(OC)c(C2CN(C(=O)NC(C)(C)C)CC2C(=O)N2CCN(C)CC2)c1. The standard InChI is InChI=1S/C23H36N4O4/c1-23(2,3)24-22(29)27-14-18(17-13-16(30-5)7-8-20(17)31-6)19(15-27)21(28)26-11-9-25(4)10-12-26/h7-8,13,18-19H,9-12,14-15H2,1-6H3,(H,24,29). The maximum atomic E-state index is 13.6. The number of ether oxygens (including phenoxy) is 2. The van der Waals surface area contributed by atoms with Gasteiger partial charge in [-0.1, -0.05) is 0 Å². The van der Waals surface area contributed by atoms with Crippen LogP contribution >= 0.6 is 0 Å². The third-order valence-corrected chi connectivity index (χ3v) is 6.06. The zero-order valence-electron chi connectivity index (χ0n) is 19.6. The van der Waals surface area contributed by atoms with E-state index in [4.69, 9.17) is 9.47 Å². The number of hydrogen-bond acceptors (Lipinski definition) is 5. The average molecular weight is 433 g/mol. The smallest absolute Gasteiger partial charge is 0.317 e. The number of methoxy groups -OCH3 is 2. The quantitative estimate of drug-likeness (QED) is 0.788. The van der Waals surface area contributed by atoms with Gasteiger partial charge in [-0.2, -0.15) is 0 Å². The number of piperazine rings is 1. The topological polar surface area (TPSA) is 74.3 Å². The Balaban J connectivity index is 1.91. The van der Waals surface area contributed by atoms with Crippen molar-refractivity contribution in [2.24, 2.45) is 5.92 Å². The summed E-state index contributed by atoms with van der Waals surface area (Å²) in [5, 5.41) is 3.03. The Morgan fingerprint density at radius 2 is 1.68 bits per heavy atom. The van der Waals surface area contributed by atoms with Crippen LogP contribution < -0.4 is 14.8 Å². The van der Waals surface area contributed by atoms with E-state index >= 15 is 0 Å². The summed E-state index contributed by atoms with van der Waals surface area (Å²) < 4.78 is 11.0. The molecule has 8 nitrogen and oxygen atoms in total. The molecule has 3 amide bonds. The number of nitrogens with zero attached hydrogens (tertiary/aromatic N) is 3. The number of hydrogen-bond donors (Lipinski definition) is 1. The molecule has 3 rings (SSSR count). The van der Waals surface area contributed by atoms with Gasteiger partial charge >= 0.3 is 6.03 Å². The second-order valence-electron chi connectivity index (χ2n) is 9.53. The number of rotatable bonds is 4. The molecule has 0 aliphatic carbocycles. The minimum Gasteiger partial charge on any atom is -0.497 e. The highest BCUT2D eigenvalue weighted by molar-refractivity contribution is 5.83. The summed E-state index contributed by atoms with van der Waals surface area (Å²) in [6.45, 7) is 9.85. The molecule has 2 unspecified atom stereocenters. The van der Waals surface area contributed by atoms with Crippen molar-refractivity contribution in [3.05, 3.63) is 23.8 Å². The Morgan fingerprint density at radius 1 is 1.00 bits per heavy atom. The van der Waals surface area contributed by atoms with Crippen LogP contribution in [-0.4, -0.2) is 92.7 Å². The van der Waals surface area contributed by atoms with Gasteiger partial charge < -0.3 is 29.5 Å². The third-order valence-electron chi connectivity index (χ3n) is 6.06. The highest BCUT2D eigenvalue weighted by atomic mass is 16.5. The van der Waals surface area contributed by atoms with Gasteiger partial charge in [0.05, 0.1) is 20.1 Å². The molecule has 0 aromatic heterocycles. The normalized spacial score (nSPS) is 22.4. The first kappa shape index (κ1) is 23.2. The molecule has 0 bridgehead atoms. The van der Waals surface area contributed by atoms with Gasteiger partial charge in [0.2, 0.25) is 5.91 Å². The van der Waals surface area contributed by atoms with Crippen LogP contribution in [0.2, 0.25) is 0 Å². The highest BCUT2D eigenvalue weighted by Gasteiger charge is 2.44. The summed E-state index contributed by atoms with van der Waals surface area (Å²) in [7, 11) is 5.32. The lowest BCUT2D eigenvalue weighted by molar-refractivity contribution is -0.137. The van der Waals surface area contributed by atoms with Crippen molar-refractivity contribution in [1.29, 1.82) is 0 Å². The monoisotopic (exact) mass is 432 g/mol. The minimum absolute atomic E-state index is 0.106. The fraction of sp³-hybridized carbons (Fsp3) is 0.652. The number of urea groups is 1. The Kier molecular flexibility index (Phi) is 6.99. The molecular weight excluding hydrogens is 396 g/mol. The first-order valence-electron chi connectivity index (χ1n) is 10.9. The molecule has 2 heterocycles. The average Bonchev–Trinajstić information content (AvgIpc) is 3.17. The maximum Gasteiger partial charge on any atom is 0.317 e. The van der Waals surface area contributed by atoms with Crippen LogP contribution in [0, 0.1) is 5.92 Å². The fourth-order valence-corrected chi connectivity index (χ4v) is 4.33. The third kappa shape index (κ3) is 5.42. The maximum absolute atomic E-state index is 13.6. The van der Waals surface area contributed by atoms with Crippen molar-refractivity contribution in [3.63, 3.8) is 0 Å². The Bertz CT molecular complexity index is 799. The molecule has 1 N–H and O–H groups in total. The van der Waals surface area contributed by atoms with Crippen LogP contribution in [0.3, 0.4) is 0 Å². The lowest BCUT2D eigenvalue weighted by Gasteiger charge is -2.35. The van der Waals surface area contributed by atoms with E-state index in [2.05, 4.69) is 17.3 Å². The minimum atomic E-state index is -0.347. The summed E-state index contributed by atoms with van der Waals surface area (Å²) in [6, 6.07) is 5.49. The second kappa shape index (κ2) is 9.34. The Morgan fingerprint density at radius 3 is 2.26 bits per heavy atom. The fourth-order valence-electron chi connectivity index (χ4n) is 4.33. The van der Waals surface area contributed by atoms with Gasteiger partial charge in [0.1, 0.15) is 11.5 Å². The van der Waals surface area contributed by atoms with E-state index in [0.29, 0.717) is 37.7 Å². The van der Waals surface area contributed by atoms with Gasteiger partial charge in [0, 0.05) is 56.3 Å². The van der Waals surface area contributed by atoms with E-state index in [9.17, 15) is 9.59 Å². The summed E-state index contributed by atoms with van der Waals surface area (Å²) in [5.74, 6) is 1.03. The van der Waals surface area contributed by atoms with Crippen molar-refractivity contribution in [1.82, 2.24) is 20.0 Å². The first-order chi connectivity index (χ1) is 14.6. The van der Waals surface area contributed by atoms with E-state index in [1.165, 1.54) is 0 Å². The van der Waals surface area contributed by atoms with E-state index in [-0.39, 0.29) is 29.3 Å². The molecule has 2 atom stereocenters. The molecule has 1 aromatic carbocycles. The number of likely N-dealkylation sites (tertiary alicyclic amines) is 1. The molecule has 2 saturated heterocycles. The Labute approximate surface area is 185 Å². The number of carbonyl (C=O) groups excluding carboxylic acids is 2. The predicted octanol–water partition coefficient (Wildman–Crippen LogP) is 2.00. The zero-order chi connectivity index (χ0) is 22.8. The van der Waals surface area contributed by atoms with Gasteiger partial charge in [-0.25, -0.2) is 4.79 Å². The molecular formula is C23H36N4O4. The molecule has 0 saturated carbocycles. The molecule has 1 aromatic rings. The lowest BCUT2D eigenvalue weighted by Crippen LogP contribution is -2.50. The number of likely N-dealkylation sites (N-methyl/N-ethyl adjacent to an activating group) is 1. The number of nitrogens with one attached hydrogen (secondary N) is 1. The number of benzene rings is 1. The lowest BCUT2D eigenvalue weighted by atomic mass is 9.87. The molecule has 31 heavy (non-hydrogen) atoms.